The van der Waals surface area contributed by atoms with Crippen LogP contribution in [0.25, 0.3) is 0 Å². The number of carboxylic acid groups (broad SMARTS) is 1. The van der Waals surface area contributed by atoms with E-state index >= 15 is 0 Å². The summed E-state index contributed by atoms with van der Waals surface area (Å²) >= 11 is 12.7. The summed E-state index contributed by atoms with van der Waals surface area (Å²) in [4.78, 5) is 14.8. The first-order valence-electron chi connectivity index (χ1n) is 4.47. The van der Waals surface area contributed by atoms with E-state index in [1.165, 1.54) is 6.20 Å². The third-order valence-corrected chi connectivity index (χ3v) is 3.17. The molecule has 1 heterocycles. The summed E-state index contributed by atoms with van der Waals surface area (Å²) in [5.74, 6) is -1.00. The molecule has 0 unspecified atom stereocenters. The number of nitrogens with zero attached hydrogens (tertiary/aromatic N) is 1. The van der Waals surface area contributed by atoms with E-state index in [2.05, 4.69) is 10.3 Å². The van der Waals surface area contributed by atoms with Crippen molar-refractivity contribution in [3.63, 3.8) is 0 Å². The van der Waals surface area contributed by atoms with Gasteiger partial charge in [-0.3, -0.25) is 0 Å². The Labute approximate surface area is 111 Å². The number of thiazole rings is 1. The Morgan fingerprint density at radius 1 is 1.29 bits per heavy atom. The van der Waals surface area contributed by atoms with Crippen LogP contribution in [-0.4, -0.2) is 16.1 Å². The molecule has 0 radical (unpaired) electrons. The molecule has 1 aromatic heterocycles. The van der Waals surface area contributed by atoms with Crippen molar-refractivity contribution in [2.75, 3.05) is 5.32 Å². The lowest BCUT2D eigenvalue weighted by atomic mass is 10.3. The third-order valence-electron chi connectivity index (χ3n) is 1.83. The SMILES string of the molecule is O=C(O)c1cnc(Nc2cc(Cl)cc(Cl)c2)s1. The van der Waals surface area contributed by atoms with Crippen LogP contribution in [-0.2, 0) is 0 Å². The molecular weight excluding hydrogens is 283 g/mol. The van der Waals surface area contributed by atoms with Gasteiger partial charge in [0.25, 0.3) is 0 Å². The number of hydrogen-bond acceptors (Lipinski definition) is 4. The predicted molar refractivity (Wildman–Crippen MR) is 68.8 cm³/mol. The lowest BCUT2D eigenvalue weighted by Gasteiger charge is -2.03. The molecule has 7 heteroatoms. The van der Waals surface area contributed by atoms with Crippen molar-refractivity contribution in [2.24, 2.45) is 0 Å². The Morgan fingerprint density at radius 2 is 1.94 bits per heavy atom. The van der Waals surface area contributed by atoms with Gasteiger partial charge >= 0.3 is 5.97 Å². The first kappa shape index (κ1) is 12.2. The van der Waals surface area contributed by atoms with Gasteiger partial charge in [0, 0.05) is 15.7 Å². The van der Waals surface area contributed by atoms with E-state index < -0.39 is 5.97 Å². The fraction of sp³-hybridized carbons (Fsp3) is 0. The summed E-state index contributed by atoms with van der Waals surface area (Å²) in [6.07, 6.45) is 1.29. The number of nitrogens with one attached hydrogen (secondary N) is 1. The summed E-state index contributed by atoms with van der Waals surface area (Å²) in [5, 5.41) is 13.2. The van der Waals surface area contributed by atoms with Gasteiger partial charge in [0.2, 0.25) is 0 Å². The smallest absolute Gasteiger partial charge is 0.347 e. The van der Waals surface area contributed by atoms with Gasteiger partial charge in [-0.25, -0.2) is 9.78 Å². The Balaban J connectivity index is 2.22. The average molecular weight is 289 g/mol. The van der Waals surface area contributed by atoms with Crippen LogP contribution in [0, 0.1) is 0 Å². The van der Waals surface area contributed by atoms with Gasteiger partial charge in [-0.15, -0.1) is 0 Å². The summed E-state index contributed by atoms with van der Waals surface area (Å²) in [5.41, 5.74) is 0.661. The first-order valence-corrected chi connectivity index (χ1v) is 6.04. The van der Waals surface area contributed by atoms with E-state index in [0.29, 0.717) is 20.9 Å². The van der Waals surface area contributed by atoms with E-state index in [0.717, 1.165) is 11.3 Å². The molecule has 0 aliphatic rings. The number of benzene rings is 1. The van der Waals surface area contributed by atoms with Crippen LogP contribution >= 0.6 is 34.5 Å². The number of hydrogen-bond donors (Lipinski definition) is 2. The van der Waals surface area contributed by atoms with Crippen molar-refractivity contribution in [2.45, 2.75) is 0 Å². The monoisotopic (exact) mass is 288 g/mol. The van der Waals surface area contributed by atoms with Gasteiger partial charge in [-0.1, -0.05) is 34.5 Å². The number of anilines is 2. The zero-order valence-corrected chi connectivity index (χ0v) is 10.6. The minimum absolute atomic E-state index is 0.167. The molecule has 0 saturated heterocycles. The highest BCUT2D eigenvalue weighted by Crippen LogP contribution is 2.27. The van der Waals surface area contributed by atoms with Crippen LogP contribution in [0.4, 0.5) is 10.8 Å². The molecule has 0 spiro atoms. The highest BCUT2D eigenvalue weighted by molar-refractivity contribution is 7.17. The first-order chi connectivity index (χ1) is 8.04. The highest BCUT2D eigenvalue weighted by Gasteiger charge is 2.08. The summed E-state index contributed by atoms with van der Waals surface area (Å²) in [6, 6.07) is 4.96. The van der Waals surface area contributed by atoms with Gasteiger partial charge in [0.15, 0.2) is 5.13 Å². The quantitative estimate of drug-likeness (QED) is 0.899. The molecule has 0 fully saturated rings. The van der Waals surface area contributed by atoms with Crippen LogP contribution in [0.5, 0.6) is 0 Å². The van der Waals surface area contributed by atoms with Gasteiger partial charge in [-0.2, -0.15) is 0 Å². The van der Waals surface area contributed by atoms with Crippen molar-refractivity contribution in [1.82, 2.24) is 4.98 Å². The standard InChI is InChI=1S/C10H6Cl2N2O2S/c11-5-1-6(12)3-7(2-5)14-10-13-4-8(17-10)9(15)16/h1-4H,(H,13,14)(H,15,16). The molecule has 0 saturated carbocycles. The molecule has 0 aliphatic carbocycles. The van der Waals surface area contributed by atoms with Crippen LogP contribution in [0.1, 0.15) is 9.67 Å². The predicted octanol–water partition coefficient (Wildman–Crippen LogP) is 3.89. The minimum Gasteiger partial charge on any atom is -0.477 e. The fourth-order valence-electron chi connectivity index (χ4n) is 1.18. The Hall–Kier alpha value is -1.30. The maximum atomic E-state index is 10.7. The Morgan fingerprint density at radius 3 is 2.47 bits per heavy atom. The highest BCUT2D eigenvalue weighted by atomic mass is 35.5. The van der Waals surface area contributed by atoms with Crippen molar-refractivity contribution in [3.05, 3.63) is 39.3 Å². The minimum atomic E-state index is -1.00. The van der Waals surface area contributed by atoms with E-state index in [-0.39, 0.29) is 4.88 Å². The van der Waals surface area contributed by atoms with Crippen LogP contribution < -0.4 is 5.32 Å². The second-order valence-electron chi connectivity index (χ2n) is 3.12. The van der Waals surface area contributed by atoms with E-state index in [4.69, 9.17) is 28.3 Å². The Bertz CT molecular complexity index is 551. The summed E-state index contributed by atoms with van der Waals surface area (Å²) in [6.45, 7) is 0. The number of aromatic carboxylic acids is 1. The zero-order valence-electron chi connectivity index (χ0n) is 8.28. The molecule has 0 atom stereocenters. The van der Waals surface area contributed by atoms with Crippen LogP contribution in [0.2, 0.25) is 10.0 Å². The van der Waals surface area contributed by atoms with Crippen LogP contribution in [0.3, 0.4) is 0 Å². The molecule has 2 aromatic rings. The van der Waals surface area contributed by atoms with Crippen LogP contribution in [0.15, 0.2) is 24.4 Å². The molecule has 4 nitrogen and oxygen atoms in total. The number of aromatic nitrogens is 1. The fourth-order valence-corrected chi connectivity index (χ4v) is 2.38. The zero-order chi connectivity index (χ0) is 12.4. The molecule has 2 N–H and O–H groups in total. The van der Waals surface area contributed by atoms with Crippen molar-refractivity contribution in [1.29, 1.82) is 0 Å². The maximum absolute atomic E-state index is 10.7. The molecule has 1 aromatic carbocycles. The normalized spacial score (nSPS) is 10.2. The average Bonchev–Trinajstić information content (AvgIpc) is 2.64. The summed E-state index contributed by atoms with van der Waals surface area (Å²) < 4.78 is 0. The van der Waals surface area contributed by atoms with Crippen molar-refractivity contribution in [3.8, 4) is 0 Å². The van der Waals surface area contributed by atoms with E-state index in [1.54, 1.807) is 18.2 Å². The Kier molecular flexibility index (Phi) is 3.51. The van der Waals surface area contributed by atoms with Gasteiger partial charge < -0.3 is 10.4 Å². The third kappa shape index (κ3) is 3.09. The molecule has 0 bridgehead atoms. The van der Waals surface area contributed by atoms with Gasteiger partial charge in [0.05, 0.1) is 6.20 Å². The largest absolute Gasteiger partial charge is 0.477 e. The van der Waals surface area contributed by atoms with E-state index in [1.807, 2.05) is 0 Å². The number of halogens is 2. The lowest BCUT2D eigenvalue weighted by Crippen LogP contribution is -1.90. The number of carboxylic acids is 1. The molecule has 2 rings (SSSR count). The molecule has 17 heavy (non-hydrogen) atoms. The topological polar surface area (TPSA) is 62.2 Å². The maximum Gasteiger partial charge on any atom is 0.347 e. The molecular formula is C10H6Cl2N2O2S. The molecule has 88 valence electrons. The number of rotatable bonds is 3. The lowest BCUT2D eigenvalue weighted by molar-refractivity contribution is 0.0702. The molecule has 0 amide bonds. The molecule has 0 aliphatic heterocycles. The summed E-state index contributed by atoms with van der Waals surface area (Å²) in [7, 11) is 0. The second-order valence-corrected chi connectivity index (χ2v) is 5.02. The second kappa shape index (κ2) is 4.91. The van der Waals surface area contributed by atoms with Crippen molar-refractivity contribution >= 4 is 51.3 Å². The van der Waals surface area contributed by atoms with Gasteiger partial charge in [0.1, 0.15) is 4.88 Å². The number of carbonyl (C=O) groups is 1. The van der Waals surface area contributed by atoms with Gasteiger partial charge in [-0.05, 0) is 18.2 Å². The van der Waals surface area contributed by atoms with Crippen molar-refractivity contribution < 1.29 is 9.90 Å². The van der Waals surface area contributed by atoms with E-state index in [9.17, 15) is 4.79 Å².